The minimum absolute atomic E-state index is 0.0849. The highest BCUT2D eigenvalue weighted by molar-refractivity contribution is 5.96. The van der Waals surface area contributed by atoms with Crippen LogP contribution in [0.3, 0.4) is 0 Å². The molecule has 2 N–H and O–H groups in total. The number of carbonyl (C=O) groups is 2. The third-order valence-corrected chi connectivity index (χ3v) is 2.72. The van der Waals surface area contributed by atoms with Gasteiger partial charge in [0.25, 0.3) is 11.6 Å². The van der Waals surface area contributed by atoms with E-state index in [0.29, 0.717) is 6.54 Å². The predicted octanol–water partition coefficient (Wildman–Crippen LogP) is 1.32. The van der Waals surface area contributed by atoms with Crippen LogP contribution >= 0.6 is 0 Å². The van der Waals surface area contributed by atoms with Gasteiger partial charge in [-0.15, -0.1) is 0 Å². The van der Waals surface area contributed by atoms with E-state index in [-0.39, 0.29) is 22.8 Å². The summed E-state index contributed by atoms with van der Waals surface area (Å²) in [5, 5.41) is 16.3. The normalized spacial score (nSPS) is 11.4. The lowest BCUT2D eigenvalue weighted by Gasteiger charge is -2.14. The summed E-state index contributed by atoms with van der Waals surface area (Å²) in [6.07, 6.45) is 0. The minimum Gasteiger partial charge on any atom is -0.467 e. The molecule has 1 aromatic carbocycles. The van der Waals surface area contributed by atoms with Crippen LogP contribution in [0.2, 0.25) is 0 Å². The Morgan fingerprint density at radius 1 is 1.43 bits per heavy atom. The first kappa shape index (κ1) is 16.4. The molecular formula is C13H17N3O5. The minimum atomic E-state index is -0.779. The molecule has 21 heavy (non-hydrogen) atoms. The molecule has 0 aliphatic carbocycles. The maximum Gasteiger partial charge on any atom is 0.327 e. The van der Waals surface area contributed by atoms with Crippen LogP contribution in [0.5, 0.6) is 0 Å². The second kappa shape index (κ2) is 7.22. The molecule has 0 aliphatic heterocycles. The number of nitro benzene ring substituents is 1. The van der Waals surface area contributed by atoms with Crippen molar-refractivity contribution in [2.75, 3.05) is 19.0 Å². The molecule has 114 valence electrons. The Balaban J connectivity index is 3.12. The predicted molar refractivity (Wildman–Crippen MR) is 76.2 cm³/mol. The molecule has 0 spiro atoms. The monoisotopic (exact) mass is 295 g/mol. The molecule has 1 aromatic rings. The number of benzene rings is 1. The third-order valence-electron chi connectivity index (χ3n) is 2.72. The van der Waals surface area contributed by atoms with Gasteiger partial charge in [0.2, 0.25) is 0 Å². The topological polar surface area (TPSA) is 111 Å². The van der Waals surface area contributed by atoms with Gasteiger partial charge in [0.1, 0.15) is 11.7 Å². The molecule has 8 nitrogen and oxygen atoms in total. The van der Waals surface area contributed by atoms with Crippen molar-refractivity contribution in [2.24, 2.45) is 0 Å². The van der Waals surface area contributed by atoms with E-state index in [0.717, 1.165) is 0 Å². The molecule has 1 amide bonds. The second-order valence-corrected chi connectivity index (χ2v) is 4.24. The van der Waals surface area contributed by atoms with Gasteiger partial charge in [0.15, 0.2) is 0 Å². The van der Waals surface area contributed by atoms with Gasteiger partial charge >= 0.3 is 5.97 Å². The Bertz CT molecular complexity index is 559. The number of amides is 1. The molecule has 0 radical (unpaired) electrons. The summed E-state index contributed by atoms with van der Waals surface area (Å²) >= 11 is 0. The van der Waals surface area contributed by atoms with E-state index in [1.807, 2.05) is 0 Å². The first-order chi connectivity index (χ1) is 9.90. The number of ether oxygens (including phenoxy) is 1. The van der Waals surface area contributed by atoms with E-state index >= 15 is 0 Å². The van der Waals surface area contributed by atoms with Crippen LogP contribution in [0.1, 0.15) is 24.2 Å². The van der Waals surface area contributed by atoms with Crippen molar-refractivity contribution < 1.29 is 19.2 Å². The van der Waals surface area contributed by atoms with E-state index < -0.39 is 16.9 Å². The molecule has 0 fully saturated rings. The number of carbonyl (C=O) groups excluding carboxylic acids is 2. The molecule has 0 aliphatic rings. The molecule has 1 rings (SSSR count). The number of anilines is 1. The van der Waals surface area contributed by atoms with E-state index in [1.165, 1.54) is 32.2 Å². The molecule has 0 heterocycles. The van der Waals surface area contributed by atoms with Crippen molar-refractivity contribution in [2.45, 2.75) is 19.9 Å². The zero-order valence-corrected chi connectivity index (χ0v) is 12.0. The van der Waals surface area contributed by atoms with Crippen LogP contribution in [0.25, 0.3) is 0 Å². The average Bonchev–Trinajstić information content (AvgIpc) is 2.46. The van der Waals surface area contributed by atoms with Gasteiger partial charge in [-0.2, -0.15) is 0 Å². The number of esters is 1. The Kier molecular flexibility index (Phi) is 5.65. The van der Waals surface area contributed by atoms with Crippen molar-refractivity contribution >= 4 is 23.3 Å². The number of methoxy groups -OCH3 is 1. The van der Waals surface area contributed by atoms with Crippen LogP contribution in [-0.4, -0.2) is 36.5 Å². The van der Waals surface area contributed by atoms with Crippen LogP contribution in [0.4, 0.5) is 11.4 Å². The Hall–Kier alpha value is -2.64. The number of nitrogens with zero attached hydrogens (tertiary/aromatic N) is 1. The highest BCUT2D eigenvalue weighted by Gasteiger charge is 2.21. The van der Waals surface area contributed by atoms with Gasteiger partial charge in [-0.1, -0.05) is 0 Å². The maximum absolute atomic E-state index is 11.8. The number of nitro groups is 1. The number of nitrogens with one attached hydrogen (secondary N) is 2. The summed E-state index contributed by atoms with van der Waals surface area (Å²) in [6.45, 7) is 3.72. The first-order valence-electron chi connectivity index (χ1n) is 6.31. The summed E-state index contributed by atoms with van der Waals surface area (Å²) in [7, 11) is 1.22. The van der Waals surface area contributed by atoms with Gasteiger partial charge in [-0.3, -0.25) is 14.9 Å². The van der Waals surface area contributed by atoms with Gasteiger partial charge in [-0.05, 0) is 26.0 Å². The molecule has 0 saturated carbocycles. The van der Waals surface area contributed by atoms with Gasteiger partial charge in [-0.25, -0.2) is 4.79 Å². The molecule has 8 heteroatoms. The van der Waals surface area contributed by atoms with Crippen molar-refractivity contribution in [1.29, 1.82) is 0 Å². The first-order valence-corrected chi connectivity index (χ1v) is 6.31. The Labute approximate surface area is 121 Å². The van der Waals surface area contributed by atoms with Crippen LogP contribution in [0, 0.1) is 10.1 Å². The zero-order chi connectivity index (χ0) is 16.0. The van der Waals surface area contributed by atoms with Gasteiger partial charge in [0, 0.05) is 18.2 Å². The van der Waals surface area contributed by atoms with Gasteiger partial charge < -0.3 is 15.4 Å². The highest BCUT2D eigenvalue weighted by Crippen LogP contribution is 2.26. The van der Waals surface area contributed by atoms with Crippen molar-refractivity contribution in [1.82, 2.24) is 5.32 Å². The van der Waals surface area contributed by atoms with Gasteiger partial charge in [0.05, 0.1) is 12.0 Å². The van der Waals surface area contributed by atoms with E-state index in [1.54, 1.807) is 6.92 Å². The van der Waals surface area contributed by atoms with Crippen LogP contribution in [-0.2, 0) is 9.53 Å². The lowest BCUT2D eigenvalue weighted by Crippen LogP contribution is -2.28. The lowest BCUT2D eigenvalue weighted by molar-refractivity contribution is -0.384. The van der Waals surface area contributed by atoms with Crippen molar-refractivity contribution in [3.05, 3.63) is 33.9 Å². The summed E-state index contributed by atoms with van der Waals surface area (Å²) < 4.78 is 4.55. The molecule has 0 aromatic heterocycles. The fraction of sp³-hybridized carbons (Fsp3) is 0.385. The largest absolute Gasteiger partial charge is 0.467 e. The van der Waals surface area contributed by atoms with E-state index in [2.05, 4.69) is 15.4 Å². The molecular weight excluding hydrogens is 278 g/mol. The molecule has 0 bridgehead atoms. The summed E-state index contributed by atoms with van der Waals surface area (Å²) in [5.74, 6) is -0.908. The summed E-state index contributed by atoms with van der Waals surface area (Å²) in [4.78, 5) is 33.5. The number of hydrogen-bond donors (Lipinski definition) is 2. The lowest BCUT2D eigenvalue weighted by atomic mass is 10.1. The SMILES string of the molecule is CCNC(=O)c1ccc([N+](=O)[O-])c(NC(C)C(=O)OC)c1. The van der Waals surface area contributed by atoms with E-state index in [4.69, 9.17) is 0 Å². The van der Waals surface area contributed by atoms with Crippen molar-refractivity contribution in [3.8, 4) is 0 Å². The van der Waals surface area contributed by atoms with Crippen LogP contribution in [0.15, 0.2) is 18.2 Å². The standard InChI is InChI=1S/C13H17N3O5/c1-4-14-12(17)9-5-6-11(16(19)20)10(7-9)15-8(2)13(18)21-3/h5-8,15H,4H2,1-3H3,(H,14,17). The number of hydrogen-bond acceptors (Lipinski definition) is 6. The van der Waals surface area contributed by atoms with Crippen molar-refractivity contribution in [3.63, 3.8) is 0 Å². The fourth-order valence-electron chi connectivity index (χ4n) is 1.68. The Morgan fingerprint density at radius 2 is 2.10 bits per heavy atom. The highest BCUT2D eigenvalue weighted by atomic mass is 16.6. The quantitative estimate of drug-likeness (QED) is 0.465. The zero-order valence-electron chi connectivity index (χ0n) is 12.0. The van der Waals surface area contributed by atoms with Crippen LogP contribution < -0.4 is 10.6 Å². The summed E-state index contributed by atoms with van der Waals surface area (Å²) in [5.41, 5.74) is 0.127. The molecule has 0 saturated heterocycles. The Morgan fingerprint density at radius 3 is 2.62 bits per heavy atom. The van der Waals surface area contributed by atoms with E-state index in [9.17, 15) is 19.7 Å². The average molecular weight is 295 g/mol. The molecule has 1 atom stereocenters. The third kappa shape index (κ3) is 4.16. The fourth-order valence-corrected chi connectivity index (χ4v) is 1.68. The number of rotatable bonds is 6. The smallest absolute Gasteiger partial charge is 0.327 e. The molecule has 1 unspecified atom stereocenters. The summed E-state index contributed by atoms with van der Waals surface area (Å²) in [6, 6.07) is 3.13. The maximum atomic E-state index is 11.8. The second-order valence-electron chi connectivity index (χ2n) is 4.24.